The summed E-state index contributed by atoms with van der Waals surface area (Å²) in [7, 11) is 1.68. The van der Waals surface area contributed by atoms with E-state index in [0.717, 1.165) is 12.0 Å². The molecule has 1 unspecified atom stereocenters. The summed E-state index contributed by atoms with van der Waals surface area (Å²) in [5.41, 5.74) is 0.360. The number of ketones is 1. The quantitative estimate of drug-likeness (QED) is 0.688. The number of methoxy groups -OCH3 is 1. The number of hydrogen-bond donors (Lipinski definition) is 0. The first-order valence-corrected chi connectivity index (χ1v) is 7.03. The van der Waals surface area contributed by atoms with Crippen LogP contribution in [0.15, 0.2) is 30.3 Å². The molecule has 0 N–H and O–H groups in total. The highest BCUT2D eigenvalue weighted by atomic mass is 16.5. The van der Waals surface area contributed by atoms with Crippen molar-refractivity contribution in [2.75, 3.05) is 13.7 Å². The third-order valence-corrected chi connectivity index (χ3v) is 3.77. The van der Waals surface area contributed by atoms with Crippen molar-refractivity contribution in [3.8, 4) is 0 Å². The van der Waals surface area contributed by atoms with E-state index in [9.17, 15) is 4.79 Å². The molecule has 2 heteroatoms. The second kappa shape index (κ2) is 6.85. The zero-order valence-electron chi connectivity index (χ0n) is 12.8. The van der Waals surface area contributed by atoms with Gasteiger partial charge in [-0.15, -0.1) is 0 Å². The number of hydrogen-bond acceptors (Lipinski definition) is 2. The lowest BCUT2D eigenvalue weighted by molar-refractivity contribution is 0.0248. The standard InChI is InChI=1S/C17H26O2/c1-13(2)11-17(12-19-5,14(3)4)16(18)15-9-7-6-8-10-15/h6-10,13-14H,11-12H2,1-5H3. The molecule has 0 bridgehead atoms. The minimum absolute atomic E-state index is 0.207. The number of carbonyl (C=O) groups is 1. The fraction of sp³-hybridized carbons (Fsp3) is 0.588. The van der Waals surface area contributed by atoms with E-state index in [1.165, 1.54) is 0 Å². The molecule has 1 atom stereocenters. The van der Waals surface area contributed by atoms with Crippen LogP contribution in [-0.2, 0) is 4.74 Å². The van der Waals surface area contributed by atoms with Crippen LogP contribution < -0.4 is 0 Å². The molecule has 0 aliphatic rings. The minimum Gasteiger partial charge on any atom is -0.384 e. The summed E-state index contributed by atoms with van der Waals surface area (Å²) in [6.45, 7) is 9.02. The molecule has 0 saturated heterocycles. The summed E-state index contributed by atoms with van der Waals surface area (Å²) in [5.74, 6) is 0.923. The van der Waals surface area contributed by atoms with Crippen molar-refractivity contribution in [2.24, 2.45) is 17.3 Å². The number of benzene rings is 1. The highest BCUT2D eigenvalue weighted by Gasteiger charge is 2.42. The molecular formula is C17H26O2. The first kappa shape index (κ1) is 15.9. The zero-order valence-corrected chi connectivity index (χ0v) is 12.8. The molecule has 1 rings (SSSR count). The van der Waals surface area contributed by atoms with Gasteiger partial charge in [0.25, 0.3) is 0 Å². The largest absolute Gasteiger partial charge is 0.384 e. The van der Waals surface area contributed by atoms with E-state index >= 15 is 0 Å². The first-order valence-electron chi connectivity index (χ1n) is 7.03. The minimum atomic E-state index is -0.426. The molecule has 0 saturated carbocycles. The second-order valence-electron chi connectivity index (χ2n) is 6.04. The van der Waals surface area contributed by atoms with Crippen LogP contribution in [0.4, 0.5) is 0 Å². The van der Waals surface area contributed by atoms with Gasteiger partial charge in [0.15, 0.2) is 5.78 Å². The maximum absolute atomic E-state index is 13.0. The monoisotopic (exact) mass is 262 g/mol. The number of rotatable bonds is 7. The van der Waals surface area contributed by atoms with Crippen LogP contribution in [0.3, 0.4) is 0 Å². The molecule has 1 aromatic carbocycles. The van der Waals surface area contributed by atoms with Gasteiger partial charge in [0.2, 0.25) is 0 Å². The van der Waals surface area contributed by atoms with Crippen molar-refractivity contribution in [1.82, 2.24) is 0 Å². The van der Waals surface area contributed by atoms with Crippen LogP contribution >= 0.6 is 0 Å². The lowest BCUT2D eigenvalue weighted by atomic mass is 9.67. The van der Waals surface area contributed by atoms with Crippen LogP contribution in [0.2, 0.25) is 0 Å². The Kier molecular flexibility index (Phi) is 5.74. The van der Waals surface area contributed by atoms with Crippen LogP contribution in [0.1, 0.15) is 44.5 Å². The van der Waals surface area contributed by atoms with Gasteiger partial charge >= 0.3 is 0 Å². The number of Topliss-reactive ketones (excluding diaryl/α,β-unsaturated/α-hetero) is 1. The average Bonchev–Trinajstić information content (AvgIpc) is 2.37. The average molecular weight is 262 g/mol. The Morgan fingerprint density at radius 2 is 1.74 bits per heavy atom. The number of carbonyl (C=O) groups excluding carboxylic acids is 1. The molecule has 0 amide bonds. The van der Waals surface area contributed by atoms with Gasteiger partial charge in [-0.05, 0) is 18.3 Å². The third kappa shape index (κ3) is 3.66. The fourth-order valence-electron chi connectivity index (χ4n) is 2.74. The van der Waals surface area contributed by atoms with Crippen molar-refractivity contribution < 1.29 is 9.53 Å². The maximum Gasteiger partial charge on any atom is 0.171 e. The highest BCUT2D eigenvalue weighted by molar-refractivity contribution is 6.00. The third-order valence-electron chi connectivity index (χ3n) is 3.77. The maximum atomic E-state index is 13.0. The van der Waals surface area contributed by atoms with Gasteiger partial charge in [-0.2, -0.15) is 0 Å². The molecule has 0 aliphatic heterocycles. The topological polar surface area (TPSA) is 26.3 Å². The van der Waals surface area contributed by atoms with Crippen LogP contribution in [-0.4, -0.2) is 19.5 Å². The van der Waals surface area contributed by atoms with E-state index in [2.05, 4.69) is 27.7 Å². The molecule has 106 valence electrons. The van der Waals surface area contributed by atoms with Gasteiger partial charge in [0, 0.05) is 12.7 Å². The molecule has 0 fully saturated rings. The summed E-state index contributed by atoms with van der Waals surface area (Å²) < 4.78 is 5.39. The first-order chi connectivity index (χ1) is 8.94. The molecule has 2 nitrogen and oxygen atoms in total. The molecule has 0 aromatic heterocycles. The van der Waals surface area contributed by atoms with E-state index in [4.69, 9.17) is 4.74 Å². The van der Waals surface area contributed by atoms with Gasteiger partial charge in [0.05, 0.1) is 12.0 Å². The smallest absolute Gasteiger partial charge is 0.171 e. The second-order valence-corrected chi connectivity index (χ2v) is 6.04. The molecule has 0 spiro atoms. The summed E-state index contributed by atoms with van der Waals surface area (Å²) >= 11 is 0. The van der Waals surface area contributed by atoms with Crippen molar-refractivity contribution in [2.45, 2.75) is 34.1 Å². The van der Waals surface area contributed by atoms with E-state index in [1.807, 2.05) is 30.3 Å². The molecule has 0 aliphatic carbocycles. The van der Waals surface area contributed by atoms with Crippen molar-refractivity contribution in [1.29, 1.82) is 0 Å². The Balaban J connectivity index is 3.17. The Morgan fingerprint density at radius 1 is 1.16 bits per heavy atom. The molecule has 19 heavy (non-hydrogen) atoms. The summed E-state index contributed by atoms with van der Waals surface area (Å²) in [5, 5.41) is 0. The van der Waals surface area contributed by atoms with Gasteiger partial charge < -0.3 is 4.74 Å². The predicted octanol–water partition coefficient (Wildman–Crippen LogP) is 4.20. The highest BCUT2D eigenvalue weighted by Crippen LogP contribution is 2.38. The van der Waals surface area contributed by atoms with Gasteiger partial charge in [-0.25, -0.2) is 0 Å². The predicted molar refractivity (Wildman–Crippen MR) is 79.4 cm³/mol. The SMILES string of the molecule is COCC(CC(C)C)(C(=O)c1ccccc1)C(C)C. The lowest BCUT2D eigenvalue weighted by Crippen LogP contribution is -2.42. The Hall–Kier alpha value is -1.15. The molecule has 0 radical (unpaired) electrons. The van der Waals surface area contributed by atoms with Gasteiger partial charge in [0.1, 0.15) is 0 Å². The Bertz CT molecular complexity index is 395. The van der Waals surface area contributed by atoms with Crippen molar-refractivity contribution >= 4 is 5.78 Å². The van der Waals surface area contributed by atoms with Gasteiger partial charge in [-0.1, -0.05) is 58.0 Å². The van der Waals surface area contributed by atoms with Crippen molar-refractivity contribution in [3.05, 3.63) is 35.9 Å². The summed E-state index contributed by atoms with van der Waals surface area (Å²) in [6.07, 6.45) is 0.853. The van der Waals surface area contributed by atoms with Gasteiger partial charge in [-0.3, -0.25) is 4.79 Å². The lowest BCUT2D eigenvalue weighted by Gasteiger charge is -2.37. The van der Waals surface area contributed by atoms with Crippen LogP contribution in [0.5, 0.6) is 0 Å². The molecular weight excluding hydrogens is 236 g/mol. The molecule has 1 aromatic rings. The van der Waals surface area contributed by atoms with E-state index in [-0.39, 0.29) is 11.7 Å². The van der Waals surface area contributed by atoms with Crippen molar-refractivity contribution in [3.63, 3.8) is 0 Å². The van der Waals surface area contributed by atoms with E-state index < -0.39 is 5.41 Å². The normalized spacial score (nSPS) is 14.7. The zero-order chi connectivity index (χ0) is 14.5. The summed E-state index contributed by atoms with van der Waals surface area (Å²) in [6, 6.07) is 9.57. The number of ether oxygens (including phenoxy) is 1. The summed E-state index contributed by atoms with van der Waals surface area (Å²) in [4.78, 5) is 13.0. The molecule has 0 heterocycles. The fourth-order valence-corrected chi connectivity index (χ4v) is 2.74. The Labute approximate surface area is 117 Å². The van der Waals surface area contributed by atoms with E-state index in [0.29, 0.717) is 12.5 Å². The van der Waals surface area contributed by atoms with Crippen LogP contribution in [0.25, 0.3) is 0 Å². The Morgan fingerprint density at radius 3 is 2.16 bits per heavy atom. The van der Waals surface area contributed by atoms with E-state index in [1.54, 1.807) is 7.11 Å². The van der Waals surface area contributed by atoms with Crippen LogP contribution in [0, 0.1) is 17.3 Å².